The molecule has 0 bridgehead atoms. The zero-order valence-corrected chi connectivity index (χ0v) is 12.1. The summed E-state index contributed by atoms with van der Waals surface area (Å²) in [5.41, 5.74) is 6.56. The smallest absolute Gasteiger partial charge is 0.260 e. The van der Waals surface area contributed by atoms with Crippen molar-refractivity contribution in [3.8, 4) is 17.2 Å². The maximum Gasteiger partial charge on any atom is 0.260 e. The number of carbonyl (C=O) groups excluding carboxylic acids is 1. The molecule has 1 amide bonds. The zero-order valence-electron chi connectivity index (χ0n) is 12.1. The Labute approximate surface area is 123 Å². The fourth-order valence-corrected chi connectivity index (χ4v) is 2.36. The molecule has 1 aromatic rings. The van der Waals surface area contributed by atoms with Crippen LogP contribution < -0.4 is 19.9 Å². The van der Waals surface area contributed by atoms with Crippen molar-refractivity contribution >= 4 is 5.91 Å². The highest BCUT2D eigenvalue weighted by Crippen LogP contribution is 2.38. The average Bonchev–Trinajstić information content (AvgIpc) is 3.23. The highest BCUT2D eigenvalue weighted by atomic mass is 16.7. The molecule has 0 spiro atoms. The van der Waals surface area contributed by atoms with Crippen molar-refractivity contribution in [3.05, 3.63) is 17.7 Å². The zero-order chi connectivity index (χ0) is 14.8. The molecule has 1 heterocycles. The molecule has 0 unspecified atom stereocenters. The number of rotatable bonds is 6. The van der Waals surface area contributed by atoms with Crippen LogP contribution in [0.3, 0.4) is 0 Å². The molecule has 21 heavy (non-hydrogen) atoms. The van der Waals surface area contributed by atoms with E-state index in [1.54, 1.807) is 11.0 Å². The van der Waals surface area contributed by atoms with E-state index in [1.807, 2.05) is 13.1 Å². The lowest BCUT2D eigenvalue weighted by atomic mass is 10.1. The minimum absolute atomic E-state index is 0.00568. The SMILES string of the molecule is CN(C(=O)COc1cc2c(cc1CCN)OCO2)C1CC1. The third-order valence-electron chi connectivity index (χ3n) is 3.81. The summed E-state index contributed by atoms with van der Waals surface area (Å²) in [5, 5.41) is 0. The maximum absolute atomic E-state index is 12.0. The second kappa shape index (κ2) is 5.81. The van der Waals surface area contributed by atoms with E-state index in [4.69, 9.17) is 19.9 Å². The molecule has 1 fully saturated rings. The molecular formula is C15H20N2O4. The molecule has 2 aliphatic rings. The minimum atomic E-state index is -0.00568. The topological polar surface area (TPSA) is 74.0 Å². The van der Waals surface area contributed by atoms with Crippen molar-refractivity contribution in [2.24, 2.45) is 5.73 Å². The summed E-state index contributed by atoms with van der Waals surface area (Å²) in [6, 6.07) is 4.04. The van der Waals surface area contributed by atoms with Crippen LogP contribution in [-0.2, 0) is 11.2 Å². The van der Waals surface area contributed by atoms with Gasteiger partial charge in [0.15, 0.2) is 18.1 Å². The van der Waals surface area contributed by atoms with Crippen LogP contribution in [0.4, 0.5) is 0 Å². The van der Waals surface area contributed by atoms with Gasteiger partial charge in [0.05, 0.1) is 0 Å². The molecule has 1 aliphatic heterocycles. The Kier molecular flexibility index (Phi) is 3.88. The highest BCUT2D eigenvalue weighted by molar-refractivity contribution is 5.78. The number of likely N-dealkylation sites (N-methyl/N-ethyl adjacent to an activating group) is 1. The second-order valence-electron chi connectivity index (χ2n) is 5.38. The van der Waals surface area contributed by atoms with Gasteiger partial charge in [-0.2, -0.15) is 0 Å². The van der Waals surface area contributed by atoms with E-state index in [1.165, 1.54) is 0 Å². The van der Waals surface area contributed by atoms with Gasteiger partial charge in [0.2, 0.25) is 6.79 Å². The number of ether oxygens (including phenoxy) is 3. The third-order valence-corrected chi connectivity index (χ3v) is 3.81. The monoisotopic (exact) mass is 292 g/mol. The summed E-state index contributed by atoms with van der Waals surface area (Å²) >= 11 is 0. The van der Waals surface area contributed by atoms with Crippen LogP contribution in [0, 0.1) is 0 Å². The van der Waals surface area contributed by atoms with E-state index < -0.39 is 0 Å². The lowest BCUT2D eigenvalue weighted by Crippen LogP contribution is -2.33. The van der Waals surface area contributed by atoms with Gasteiger partial charge in [-0.05, 0) is 37.4 Å². The molecule has 6 heteroatoms. The molecule has 2 N–H and O–H groups in total. The maximum atomic E-state index is 12.0. The number of nitrogens with two attached hydrogens (primary N) is 1. The van der Waals surface area contributed by atoms with Gasteiger partial charge in [-0.3, -0.25) is 4.79 Å². The molecule has 0 atom stereocenters. The minimum Gasteiger partial charge on any atom is -0.483 e. The average molecular weight is 292 g/mol. The Morgan fingerprint density at radius 3 is 2.76 bits per heavy atom. The quantitative estimate of drug-likeness (QED) is 0.844. The summed E-state index contributed by atoms with van der Waals surface area (Å²) in [4.78, 5) is 13.8. The Morgan fingerprint density at radius 1 is 1.38 bits per heavy atom. The second-order valence-corrected chi connectivity index (χ2v) is 5.38. The Hall–Kier alpha value is -1.95. The van der Waals surface area contributed by atoms with Crippen molar-refractivity contribution in [1.82, 2.24) is 4.90 Å². The third kappa shape index (κ3) is 3.05. The van der Waals surface area contributed by atoms with E-state index in [0.717, 1.165) is 18.4 Å². The van der Waals surface area contributed by atoms with Crippen LogP contribution in [0.15, 0.2) is 12.1 Å². The van der Waals surface area contributed by atoms with Crippen molar-refractivity contribution < 1.29 is 19.0 Å². The molecule has 0 aromatic heterocycles. The molecule has 3 rings (SSSR count). The molecule has 0 saturated heterocycles. The van der Waals surface area contributed by atoms with E-state index in [-0.39, 0.29) is 19.3 Å². The molecule has 1 saturated carbocycles. The molecular weight excluding hydrogens is 272 g/mol. The van der Waals surface area contributed by atoms with Crippen LogP contribution in [0.5, 0.6) is 17.2 Å². The predicted octanol–water partition coefficient (Wildman–Crippen LogP) is 0.916. The number of benzene rings is 1. The molecule has 1 aliphatic carbocycles. The van der Waals surface area contributed by atoms with Crippen LogP contribution in [0.25, 0.3) is 0 Å². The summed E-state index contributed by atoms with van der Waals surface area (Å²) in [5.74, 6) is 1.98. The van der Waals surface area contributed by atoms with Crippen LogP contribution in [0.2, 0.25) is 0 Å². The van der Waals surface area contributed by atoms with Gasteiger partial charge in [-0.25, -0.2) is 0 Å². The number of amides is 1. The van der Waals surface area contributed by atoms with Crippen molar-refractivity contribution in [3.63, 3.8) is 0 Å². The van der Waals surface area contributed by atoms with E-state index in [2.05, 4.69) is 0 Å². The lowest BCUT2D eigenvalue weighted by Gasteiger charge is -2.17. The Bertz CT molecular complexity index is 543. The van der Waals surface area contributed by atoms with Gasteiger partial charge < -0.3 is 24.8 Å². The number of nitrogens with zero attached hydrogens (tertiary/aromatic N) is 1. The Morgan fingerprint density at radius 2 is 2.10 bits per heavy atom. The number of fused-ring (bicyclic) bond motifs is 1. The van der Waals surface area contributed by atoms with Crippen LogP contribution in [0.1, 0.15) is 18.4 Å². The van der Waals surface area contributed by atoms with E-state index in [9.17, 15) is 4.79 Å². The van der Waals surface area contributed by atoms with Crippen molar-refractivity contribution in [2.75, 3.05) is 27.0 Å². The van der Waals surface area contributed by atoms with Gasteiger partial charge in [-0.1, -0.05) is 0 Å². The largest absolute Gasteiger partial charge is 0.483 e. The van der Waals surface area contributed by atoms with Gasteiger partial charge >= 0.3 is 0 Å². The fraction of sp³-hybridized carbons (Fsp3) is 0.533. The first-order chi connectivity index (χ1) is 10.2. The molecule has 114 valence electrons. The first-order valence-corrected chi connectivity index (χ1v) is 7.20. The van der Waals surface area contributed by atoms with E-state index in [0.29, 0.717) is 36.3 Å². The first kappa shape index (κ1) is 14.0. The fourth-order valence-electron chi connectivity index (χ4n) is 2.36. The van der Waals surface area contributed by atoms with Crippen LogP contribution >= 0.6 is 0 Å². The molecule has 1 aromatic carbocycles. The standard InChI is InChI=1S/C15H20N2O4/c1-17(11-2-3-11)15(18)8-19-12-7-14-13(20-9-21-14)6-10(12)4-5-16/h6-7,11H,2-5,8-9,16H2,1H3. The first-order valence-electron chi connectivity index (χ1n) is 7.20. The van der Waals surface area contributed by atoms with E-state index >= 15 is 0 Å². The predicted molar refractivity (Wildman–Crippen MR) is 76.6 cm³/mol. The van der Waals surface area contributed by atoms with Gasteiger partial charge in [0.25, 0.3) is 5.91 Å². The number of hydrogen-bond donors (Lipinski definition) is 1. The van der Waals surface area contributed by atoms with Gasteiger partial charge in [-0.15, -0.1) is 0 Å². The van der Waals surface area contributed by atoms with Crippen molar-refractivity contribution in [1.29, 1.82) is 0 Å². The summed E-state index contributed by atoms with van der Waals surface area (Å²) in [7, 11) is 1.82. The molecule has 6 nitrogen and oxygen atoms in total. The van der Waals surface area contributed by atoms with Gasteiger partial charge in [0.1, 0.15) is 5.75 Å². The summed E-state index contributed by atoms with van der Waals surface area (Å²) < 4.78 is 16.4. The van der Waals surface area contributed by atoms with Gasteiger partial charge in [0, 0.05) is 19.2 Å². The number of hydrogen-bond acceptors (Lipinski definition) is 5. The lowest BCUT2D eigenvalue weighted by molar-refractivity contribution is -0.132. The number of carbonyl (C=O) groups is 1. The summed E-state index contributed by atoms with van der Waals surface area (Å²) in [6.07, 6.45) is 2.84. The Balaban J connectivity index is 1.69. The van der Waals surface area contributed by atoms with Crippen molar-refractivity contribution in [2.45, 2.75) is 25.3 Å². The highest BCUT2D eigenvalue weighted by Gasteiger charge is 2.29. The van der Waals surface area contributed by atoms with Crippen LogP contribution in [-0.4, -0.2) is 43.8 Å². The normalized spacial score (nSPS) is 15.9. The molecule has 0 radical (unpaired) electrons. The summed E-state index contributed by atoms with van der Waals surface area (Å²) in [6.45, 7) is 0.750.